The molecule has 0 saturated carbocycles. The number of sulfonamides is 2. The first kappa shape index (κ1) is 24.9. The molecule has 0 aliphatic carbocycles. The number of hydrogen-bond acceptors (Lipinski definition) is 6. The maximum Gasteiger partial charge on any atom is 0.264 e. The molecule has 0 spiro atoms. The van der Waals surface area contributed by atoms with Gasteiger partial charge in [-0.15, -0.1) is 0 Å². The standard InChI is InChI=1S/C25H22N4O5S2/c1-29(36(33,34)24-7-3-2-4-8-24)22-13-9-19(10-14-22)25(30)27-20-11-15-23(16-12-20)35(31,32)28-21-6-5-17-26-18-21/h2-18,28H,1H3,(H,27,30). The Morgan fingerprint density at radius 3 is 2.03 bits per heavy atom. The summed E-state index contributed by atoms with van der Waals surface area (Å²) >= 11 is 0. The maximum atomic E-state index is 12.8. The fourth-order valence-electron chi connectivity index (χ4n) is 3.27. The molecule has 0 fully saturated rings. The Bertz CT molecular complexity index is 1560. The van der Waals surface area contributed by atoms with E-state index < -0.39 is 26.0 Å². The molecule has 0 unspecified atom stereocenters. The van der Waals surface area contributed by atoms with E-state index in [1.54, 1.807) is 30.3 Å². The number of carbonyl (C=O) groups excluding carboxylic acids is 1. The monoisotopic (exact) mass is 522 g/mol. The number of amides is 1. The van der Waals surface area contributed by atoms with E-state index in [0.717, 1.165) is 4.31 Å². The highest BCUT2D eigenvalue weighted by Gasteiger charge is 2.21. The molecule has 0 aliphatic rings. The lowest BCUT2D eigenvalue weighted by Gasteiger charge is -2.19. The van der Waals surface area contributed by atoms with Crippen molar-refractivity contribution in [1.29, 1.82) is 0 Å². The minimum Gasteiger partial charge on any atom is -0.322 e. The lowest BCUT2D eigenvalue weighted by atomic mass is 10.2. The van der Waals surface area contributed by atoms with Crippen LogP contribution >= 0.6 is 0 Å². The number of aromatic nitrogens is 1. The van der Waals surface area contributed by atoms with Crippen LogP contribution in [-0.4, -0.2) is 34.8 Å². The quantitative estimate of drug-likeness (QED) is 0.361. The Morgan fingerprint density at radius 1 is 0.750 bits per heavy atom. The normalized spacial score (nSPS) is 11.5. The molecule has 4 aromatic rings. The molecule has 0 bridgehead atoms. The van der Waals surface area contributed by atoms with E-state index in [1.165, 1.54) is 80.1 Å². The molecule has 9 nitrogen and oxygen atoms in total. The highest BCUT2D eigenvalue weighted by Crippen LogP contribution is 2.23. The molecule has 0 atom stereocenters. The van der Waals surface area contributed by atoms with Crippen LogP contribution in [0.2, 0.25) is 0 Å². The van der Waals surface area contributed by atoms with E-state index in [0.29, 0.717) is 22.6 Å². The van der Waals surface area contributed by atoms with Crippen molar-refractivity contribution in [2.24, 2.45) is 0 Å². The van der Waals surface area contributed by atoms with Gasteiger partial charge in [-0.3, -0.25) is 18.8 Å². The van der Waals surface area contributed by atoms with Crippen molar-refractivity contribution < 1.29 is 21.6 Å². The molecule has 0 aliphatic heterocycles. The number of rotatable bonds is 8. The number of carbonyl (C=O) groups is 1. The van der Waals surface area contributed by atoms with E-state index >= 15 is 0 Å². The molecular formula is C25H22N4O5S2. The third-order valence-electron chi connectivity index (χ3n) is 5.23. The summed E-state index contributed by atoms with van der Waals surface area (Å²) in [5.41, 5.74) is 1.43. The number of pyridine rings is 1. The molecule has 36 heavy (non-hydrogen) atoms. The number of nitrogens with one attached hydrogen (secondary N) is 2. The SMILES string of the molecule is CN(c1ccc(C(=O)Nc2ccc(S(=O)(=O)Nc3cccnc3)cc2)cc1)S(=O)(=O)c1ccccc1. The van der Waals surface area contributed by atoms with E-state index in [2.05, 4.69) is 15.0 Å². The highest BCUT2D eigenvalue weighted by atomic mass is 32.2. The smallest absolute Gasteiger partial charge is 0.264 e. The molecule has 4 rings (SSSR count). The van der Waals surface area contributed by atoms with Crippen LogP contribution in [0.25, 0.3) is 0 Å². The van der Waals surface area contributed by atoms with Crippen LogP contribution in [0.5, 0.6) is 0 Å². The first-order chi connectivity index (χ1) is 17.2. The van der Waals surface area contributed by atoms with Crippen LogP contribution in [-0.2, 0) is 20.0 Å². The van der Waals surface area contributed by atoms with Crippen molar-refractivity contribution in [2.45, 2.75) is 9.79 Å². The Balaban J connectivity index is 1.43. The highest BCUT2D eigenvalue weighted by molar-refractivity contribution is 7.93. The Kier molecular flexibility index (Phi) is 7.04. The number of anilines is 3. The van der Waals surface area contributed by atoms with Crippen LogP contribution in [0.15, 0.2) is 113 Å². The Hall–Kier alpha value is -4.22. The second-order valence-electron chi connectivity index (χ2n) is 7.66. The summed E-state index contributed by atoms with van der Waals surface area (Å²) in [6.07, 6.45) is 2.93. The zero-order chi connectivity index (χ0) is 25.8. The van der Waals surface area contributed by atoms with E-state index in [9.17, 15) is 21.6 Å². The average Bonchev–Trinajstić information content (AvgIpc) is 2.89. The minimum atomic E-state index is -3.81. The molecule has 1 amide bonds. The van der Waals surface area contributed by atoms with Gasteiger partial charge in [0.2, 0.25) is 0 Å². The van der Waals surface area contributed by atoms with Gasteiger partial charge >= 0.3 is 0 Å². The maximum absolute atomic E-state index is 12.8. The number of nitrogens with zero attached hydrogens (tertiary/aromatic N) is 2. The van der Waals surface area contributed by atoms with E-state index in [-0.39, 0.29) is 9.79 Å². The van der Waals surface area contributed by atoms with Crippen molar-refractivity contribution in [3.8, 4) is 0 Å². The molecule has 0 saturated heterocycles. The summed E-state index contributed by atoms with van der Waals surface area (Å²) in [4.78, 5) is 16.7. The molecular weight excluding hydrogens is 500 g/mol. The Morgan fingerprint density at radius 2 is 1.42 bits per heavy atom. The van der Waals surface area contributed by atoms with Crippen molar-refractivity contribution >= 4 is 43.0 Å². The van der Waals surface area contributed by atoms with Gasteiger partial charge in [0, 0.05) is 24.5 Å². The molecule has 1 aromatic heterocycles. The minimum absolute atomic E-state index is 0.0244. The van der Waals surface area contributed by atoms with Crippen molar-refractivity contribution in [2.75, 3.05) is 21.4 Å². The van der Waals surface area contributed by atoms with Crippen LogP contribution in [0.4, 0.5) is 17.1 Å². The lowest BCUT2D eigenvalue weighted by Crippen LogP contribution is -2.26. The molecule has 2 N–H and O–H groups in total. The molecule has 3 aromatic carbocycles. The van der Waals surface area contributed by atoms with Crippen molar-refractivity contribution in [3.63, 3.8) is 0 Å². The summed E-state index contributed by atoms with van der Waals surface area (Å²) < 4.78 is 54.2. The fourth-order valence-corrected chi connectivity index (χ4v) is 5.53. The predicted molar refractivity (Wildman–Crippen MR) is 138 cm³/mol. The van der Waals surface area contributed by atoms with E-state index in [4.69, 9.17) is 0 Å². The molecule has 11 heteroatoms. The van der Waals surface area contributed by atoms with Gasteiger partial charge in [0.1, 0.15) is 0 Å². The zero-order valence-electron chi connectivity index (χ0n) is 19.1. The van der Waals surface area contributed by atoms with Gasteiger partial charge in [-0.05, 0) is 72.8 Å². The summed E-state index contributed by atoms with van der Waals surface area (Å²) in [5, 5.41) is 2.70. The molecule has 1 heterocycles. The summed E-state index contributed by atoms with van der Waals surface area (Å²) in [6.45, 7) is 0. The van der Waals surface area contributed by atoms with E-state index in [1.807, 2.05) is 0 Å². The average molecular weight is 523 g/mol. The van der Waals surface area contributed by atoms with Crippen LogP contribution in [0.3, 0.4) is 0 Å². The summed E-state index contributed by atoms with van der Waals surface area (Å²) in [5.74, 6) is -0.431. The van der Waals surface area contributed by atoms with Crippen molar-refractivity contribution in [1.82, 2.24) is 4.98 Å². The van der Waals surface area contributed by atoms with Gasteiger partial charge in [0.15, 0.2) is 0 Å². The predicted octanol–water partition coefficient (Wildman–Crippen LogP) is 3.96. The number of hydrogen-bond donors (Lipinski definition) is 2. The van der Waals surface area contributed by atoms with Gasteiger partial charge in [-0.25, -0.2) is 16.8 Å². The van der Waals surface area contributed by atoms with Crippen LogP contribution < -0.4 is 14.3 Å². The summed E-state index contributed by atoms with van der Waals surface area (Å²) in [7, 11) is -6.11. The fraction of sp³-hybridized carbons (Fsp3) is 0.0400. The largest absolute Gasteiger partial charge is 0.322 e. The van der Waals surface area contributed by atoms with Crippen LogP contribution in [0.1, 0.15) is 10.4 Å². The lowest BCUT2D eigenvalue weighted by molar-refractivity contribution is 0.102. The zero-order valence-corrected chi connectivity index (χ0v) is 20.7. The third-order valence-corrected chi connectivity index (χ3v) is 8.43. The third kappa shape index (κ3) is 5.53. The second kappa shape index (κ2) is 10.2. The number of benzene rings is 3. The van der Waals surface area contributed by atoms with Gasteiger partial charge in [-0.1, -0.05) is 18.2 Å². The molecule has 0 radical (unpaired) electrons. The van der Waals surface area contributed by atoms with Gasteiger partial charge in [0.05, 0.1) is 27.4 Å². The first-order valence-electron chi connectivity index (χ1n) is 10.7. The first-order valence-corrected chi connectivity index (χ1v) is 13.6. The second-order valence-corrected chi connectivity index (χ2v) is 11.3. The Labute approximate surface area is 209 Å². The van der Waals surface area contributed by atoms with Gasteiger partial charge in [0.25, 0.3) is 26.0 Å². The van der Waals surface area contributed by atoms with Crippen LogP contribution in [0, 0.1) is 0 Å². The summed E-state index contributed by atoms with van der Waals surface area (Å²) in [6, 6.07) is 23.1. The van der Waals surface area contributed by atoms with Gasteiger partial charge < -0.3 is 5.32 Å². The topological polar surface area (TPSA) is 126 Å². The van der Waals surface area contributed by atoms with Crippen molar-refractivity contribution in [3.05, 3.63) is 109 Å². The van der Waals surface area contributed by atoms with Gasteiger partial charge in [-0.2, -0.15) is 0 Å². The molecule has 184 valence electrons.